The lowest BCUT2D eigenvalue weighted by Gasteiger charge is -2.15. The largest absolute Gasteiger partial charge is 0.497 e. The minimum Gasteiger partial charge on any atom is -0.497 e. The Hall–Kier alpha value is -2.00. The molecule has 2 aromatic carbocycles. The lowest BCUT2D eigenvalue weighted by molar-refractivity contribution is 0.390. The predicted molar refractivity (Wildman–Crippen MR) is 81.4 cm³/mol. The van der Waals surface area contributed by atoms with Gasteiger partial charge in [0.25, 0.3) is 0 Å². The van der Waals surface area contributed by atoms with E-state index in [2.05, 4.69) is 31.2 Å². The van der Waals surface area contributed by atoms with Crippen LogP contribution in [0, 0.1) is 6.92 Å². The molecule has 0 aromatic heterocycles. The van der Waals surface area contributed by atoms with Gasteiger partial charge in [-0.2, -0.15) is 0 Å². The first-order chi connectivity index (χ1) is 9.63. The van der Waals surface area contributed by atoms with Crippen LogP contribution in [0.1, 0.15) is 22.7 Å². The Morgan fingerprint density at radius 2 is 1.70 bits per heavy atom. The fourth-order valence-corrected chi connectivity index (χ4v) is 2.19. The number of hydrogen-bond acceptors (Lipinski definition) is 3. The molecule has 3 nitrogen and oxygen atoms in total. The van der Waals surface area contributed by atoms with Crippen LogP contribution in [0.3, 0.4) is 0 Å². The number of methoxy groups -OCH3 is 2. The maximum Gasteiger partial charge on any atom is 0.125 e. The maximum atomic E-state index is 6.28. The topological polar surface area (TPSA) is 44.5 Å². The van der Waals surface area contributed by atoms with Gasteiger partial charge in [-0.3, -0.25) is 0 Å². The molecule has 1 unspecified atom stereocenters. The van der Waals surface area contributed by atoms with Crippen LogP contribution < -0.4 is 15.2 Å². The number of aryl methyl sites for hydroxylation is 1. The fraction of sp³-hybridized carbons (Fsp3) is 0.294. The Morgan fingerprint density at radius 3 is 2.30 bits per heavy atom. The van der Waals surface area contributed by atoms with Crippen LogP contribution in [0.25, 0.3) is 0 Å². The Balaban J connectivity index is 2.18. The molecule has 0 aliphatic rings. The van der Waals surface area contributed by atoms with Gasteiger partial charge in [0.2, 0.25) is 0 Å². The molecule has 0 fully saturated rings. The van der Waals surface area contributed by atoms with Gasteiger partial charge in [-0.25, -0.2) is 0 Å². The standard InChI is InChI=1S/C17H21NO2/c1-12-4-6-13(7-5-12)16(18)10-14-8-9-15(19-2)11-17(14)20-3/h4-9,11,16H,10,18H2,1-3H3. The van der Waals surface area contributed by atoms with E-state index < -0.39 is 0 Å². The summed E-state index contributed by atoms with van der Waals surface area (Å²) in [6, 6.07) is 14.1. The van der Waals surface area contributed by atoms with Crippen LogP contribution in [-0.4, -0.2) is 14.2 Å². The lowest BCUT2D eigenvalue weighted by Crippen LogP contribution is -2.13. The summed E-state index contributed by atoms with van der Waals surface area (Å²) in [5.41, 5.74) is 9.74. The van der Waals surface area contributed by atoms with Crippen LogP contribution in [0.2, 0.25) is 0 Å². The van der Waals surface area contributed by atoms with Crippen molar-refractivity contribution in [3.8, 4) is 11.5 Å². The van der Waals surface area contributed by atoms with E-state index in [1.807, 2.05) is 18.2 Å². The van der Waals surface area contributed by atoms with Gasteiger partial charge >= 0.3 is 0 Å². The van der Waals surface area contributed by atoms with Crippen LogP contribution in [0.4, 0.5) is 0 Å². The van der Waals surface area contributed by atoms with Crippen molar-refractivity contribution in [3.63, 3.8) is 0 Å². The number of hydrogen-bond donors (Lipinski definition) is 1. The molecule has 2 rings (SSSR count). The number of ether oxygens (including phenoxy) is 2. The van der Waals surface area contributed by atoms with E-state index in [-0.39, 0.29) is 6.04 Å². The third kappa shape index (κ3) is 3.31. The zero-order valence-electron chi connectivity index (χ0n) is 12.2. The Bertz CT molecular complexity index is 564. The van der Waals surface area contributed by atoms with E-state index in [1.165, 1.54) is 5.56 Å². The van der Waals surface area contributed by atoms with Crippen LogP contribution in [0.15, 0.2) is 42.5 Å². The van der Waals surface area contributed by atoms with E-state index in [1.54, 1.807) is 14.2 Å². The maximum absolute atomic E-state index is 6.28. The van der Waals surface area contributed by atoms with Crippen molar-refractivity contribution in [1.29, 1.82) is 0 Å². The molecule has 0 saturated carbocycles. The molecule has 0 saturated heterocycles. The third-order valence-electron chi connectivity index (χ3n) is 3.44. The molecule has 20 heavy (non-hydrogen) atoms. The van der Waals surface area contributed by atoms with Gasteiger partial charge in [0, 0.05) is 12.1 Å². The zero-order valence-corrected chi connectivity index (χ0v) is 12.2. The van der Waals surface area contributed by atoms with Crippen LogP contribution >= 0.6 is 0 Å². The molecule has 3 heteroatoms. The van der Waals surface area contributed by atoms with Crippen LogP contribution in [0.5, 0.6) is 11.5 Å². The Morgan fingerprint density at radius 1 is 1.00 bits per heavy atom. The molecular formula is C17H21NO2. The molecule has 0 aliphatic heterocycles. The van der Waals surface area contributed by atoms with Crippen molar-refractivity contribution < 1.29 is 9.47 Å². The van der Waals surface area contributed by atoms with E-state index in [0.29, 0.717) is 0 Å². The second kappa shape index (κ2) is 6.44. The summed E-state index contributed by atoms with van der Waals surface area (Å²) in [6.45, 7) is 2.07. The van der Waals surface area contributed by atoms with E-state index in [4.69, 9.17) is 15.2 Å². The highest BCUT2D eigenvalue weighted by Crippen LogP contribution is 2.28. The van der Waals surface area contributed by atoms with E-state index >= 15 is 0 Å². The summed E-state index contributed by atoms with van der Waals surface area (Å²) >= 11 is 0. The molecular weight excluding hydrogens is 250 g/mol. The lowest BCUT2D eigenvalue weighted by atomic mass is 9.98. The molecule has 1 atom stereocenters. The van der Waals surface area contributed by atoms with Gasteiger partial charge < -0.3 is 15.2 Å². The summed E-state index contributed by atoms with van der Waals surface area (Å²) < 4.78 is 10.6. The molecule has 0 aliphatic carbocycles. The fourth-order valence-electron chi connectivity index (χ4n) is 2.19. The zero-order chi connectivity index (χ0) is 14.5. The predicted octanol–water partition coefficient (Wildman–Crippen LogP) is 3.25. The minimum absolute atomic E-state index is 0.0436. The average molecular weight is 271 g/mol. The smallest absolute Gasteiger partial charge is 0.125 e. The van der Waals surface area contributed by atoms with Gasteiger partial charge in [0.05, 0.1) is 14.2 Å². The van der Waals surface area contributed by atoms with E-state index in [0.717, 1.165) is 29.0 Å². The van der Waals surface area contributed by atoms with Gasteiger partial charge in [-0.15, -0.1) is 0 Å². The number of rotatable bonds is 5. The molecule has 0 heterocycles. The molecule has 2 aromatic rings. The third-order valence-corrected chi connectivity index (χ3v) is 3.44. The Labute approximate surface area is 120 Å². The van der Waals surface area contributed by atoms with Gasteiger partial charge in [-0.1, -0.05) is 35.9 Å². The molecule has 0 bridgehead atoms. The minimum atomic E-state index is -0.0436. The monoisotopic (exact) mass is 271 g/mol. The second-order valence-corrected chi connectivity index (χ2v) is 4.90. The molecule has 0 amide bonds. The molecule has 2 N–H and O–H groups in total. The van der Waals surface area contributed by atoms with E-state index in [9.17, 15) is 0 Å². The summed E-state index contributed by atoms with van der Waals surface area (Å²) in [7, 11) is 3.31. The average Bonchev–Trinajstić information content (AvgIpc) is 2.48. The highest BCUT2D eigenvalue weighted by atomic mass is 16.5. The van der Waals surface area contributed by atoms with Crippen molar-refractivity contribution in [3.05, 3.63) is 59.2 Å². The molecule has 0 spiro atoms. The van der Waals surface area contributed by atoms with Crippen molar-refractivity contribution in [2.75, 3.05) is 14.2 Å². The first-order valence-electron chi connectivity index (χ1n) is 6.67. The summed E-state index contributed by atoms with van der Waals surface area (Å²) in [5, 5.41) is 0. The van der Waals surface area contributed by atoms with Crippen molar-refractivity contribution in [1.82, 2.24) is 0 Å². The highest BCUT2D eigenvalue weighted by molar-refractivity contribution is 5.41. The van der Waals surface area contributed by atoms with Crippen molar-refractivity contribution in [2.24, 2.45) is 5.73 Å². The first-order valence-corrected chi connectivity index (χ1v) is 6.67. The first kappa shape index (κ1) is 14.4. The highest BCUT2D eigenvalue weighted by Gasteiger charge is 2.11. The number of nitrogens with two attached hydrogens (primary N) is 1. The van der Waals surface area contributed by atoms with Crippen molar-refractivity contribution >= 4 is 0 Å². The summed E-state index contributed by atoms with van der Waals surface area (Å²) in [4.78, 5) is 0. The van der Waals surface area contributed by atoms with Gasteiger partial charge in [0.1, 0.15) is 11.5 Å². The van der Waals surface area contributed by atoms with Gasteiger partial charge in [-0.05, 0) is 30.5 Å². The quantitative estimate of drug-likeness (QED) is 0.908. The Kier molecular flexibility index (Phi) is 4.64. The van der Waals surface area contributed by atoms with Crippen molar-refractivity contribution in [2.45, 2.75) is 19.4 Å². The number of benzene rings is 2. The summed E-state index contributed by atoms with van der Waals surface area (Å²) in [6.07, 6.45) is 0.732. The SMILES string of the molecule is COc1ccc(CC(N)c2ccc(C)cc2)c(OC)c1. The summed E-state index contributed by atoms with van der Waals surface area (Å²) in [5.74, 6) is 1.60. The second-order valence-electron chi connectivity index (χ2n) is 4.90. The molecule has 0 radical (unpaired) electrons. The van der Waals surface area contributed by atoms with Gasteiger partial charge in [0.15, 0.2) is 0 Å². The normalized spacial score (nSPS) is 12.0. The van der Waals surface area contributed by atoms with Crippen LogP contribution in [-0.2, 0) is 6.42 Å². The molecule has 106 valence electrons.